The number of hydrogen-bond donors (Lipinski definition) is 2. The Morgan fingerprint density at radius 1 is 1.58 bits per heavy atom. The van der Waals surface area contributed by atoms with Gasteiger partial charge in [-0.3, -0.25) is 4.79 Å². The molecule has 1 aliphatic rings. The van der Waals surface area contributed by atoms with E-state index < -0.39 is 0 Å². The van der Waals surface area contributed by atoms with Gasteiger partial charge in [0.25, 0.3) is 0 Å². The molecule has 0 bridgehead atoms. The summed E-state index contributed by atoms with van der Waals surface area (Å²) in [7, 11) is 1.65. The van der Waals surface area contributed by atoms with Gasteiger partial charge in [0, 0.05) is 24.8 Å². The first-order valence-electron chi connectivity index (χ1n) is 6.12. The first-order valence-corrected chi connectivity index (χ1v) is 6.91. The summed E-state index contributed by atoms with van der Waals surface area (Å²) in [6.45, 7) is 0.848. The van der Waals surface area contributed by atoms with Gasteiger partial charge in [-0.2, -0.15) is 0 Å². The van der Waals surface area contributed by atoms with Gasteiger partial charge in [0.05, 0.1) is 5.02 Å². The molecule has 4 nitrogen and oxygen atoms in total. The van der Waals surface area contributed by atoms with Crippen LogP contribution in [0.4, 0.5) is 5.69 Å². The van der Waals surface area contributed by atoms with Gasteiger partial charge in [-0.15, -0.1) is 0 Å². The maximum absolute atomic E-state index is 11.8. The predicted molar refractivity (Wildman–Crippen MR) is 81.8 cm³/mol. The summed E-state index contributed by atoms with van der Waals surface area (Å²) in [5.41, 5.74) is 7.17. The summed E-state index contributed by atoms with van der Waals surface area (Å²) < 4.78 is 0. The van der Waals surface area contributed by atoms with Gasteiger partial charge >= 0.3 is 0 Å². The summed E-state index contributed by atoms with van der Waals surface area (Å²) in [6, 6.07) is 5.40. The van der Waals surface area contributed by atoms with Crippen molar-refractivity contribution in [3.8, 4) is 0 Å². The maximum atomic E-state index is 11.8. The average molecular weight is 298 g/mol. The van der Waals surface area contributed by atoms with Crippen molar-refractivity contribution in [1.82, 2.24) is 5.32 Å². The van der Waals surface area contributed by atoms with Gasteiger partial charge in [0.1, 0.15) is 11.0 Å². The average Bonchev–Trinajstić information content (AvgIpc) is 2.86. The number of nitrogens with zero attached hydrogens (tertiary/aromatic N) is 1. The smallest absolute Gasteiger partial charge is 0.242 e. The molecule has 2 rings (SSSR count). The highest BCUT2D eigenvalue weighted by molar-refractivity contribution is 7.80. The quantitative estimate of drug-likeness (QED) is 0.834. The molecular weight excluding hydrogens is 282 g/mol. The number of likely N-dealkylation sites (N-methyl/N-ethyl adjacent to an activating group) is 1. The normalized spacial score (nSPS) is 18.4. The second-order valence-corrected chi connectivity index (χ2v) is 5.34. The van der Waals surface area contributed by atoms with E-state index in [1.807, 2.05) is 12.1 Å². The minimum atomic E-state index is -0.128. The third kappa shape index (κ3) is 2.82. The molecule has 1 amide bonds. The van der Waals surface area contributed by atoms with E-state index in [0.29, 0.717) is 10.6 Å². The number of nitrogens with one attached hydrogen (secondary N) is 1. The summed E-state index contributed by atoms with van der Waals surface area (Å²) in [6.07, 6.45) is 1.85. The number of rotatable bonds is 3. The van der Waals surface area contributed by atoms with Crippen LogP contribution in [0.15, 0.2) is 18.2 Å². The predicted octanol–water partition coefficient (Wildman–Crippen LogP) is 1.69. The Morgan fingerprint density at radius 2 is 2.32 bits per heavy atom. The zero-order chi connectivity index (χ0) is 14.0. The number of carbonyl (C=O) groups excluding carboxylic acids is 1. The van der Waals surface area contributed by atoms with Crippen LogP contribution < -0.4 is 16.0 Å². The number of nitrogens with two attached hydrogens (primary N) is 1. The molecular formula is C13H16ClN3OS. The standard InChI is InChI=1S/C13H16ClN3OS/c1-16-13(18)11-3-2-6-17(11)8-4-5-9(12(15)19)10(14)7-8/h4-5,7,11H,2-3,6H2,1H3,(H2,15,19)(H,16,18). The van der Waals surface area contributed by atoms with Crippen LogP contribution in [0.25, 0.3) is 0 Å². The van der Waals surface area contributed by atoms with Gasteiger partial charge < -0.3 is 16.0 Å². The van der Waals surface area contributed by atoms with Crippen LogP contribution in [-0.4, -0.2) is 30.5 Å². The van der Waals surface area contributed by atoms with E-state index in [0.717, 1.165) is 25.1 Å². The van der Waals surface area contributed by atoms with Crippen LogP contribution in [0.2, 0.25) is 5.02 Å². The first-order chi connectivity index (χ1) is 9.04. The topological polar surface area (TPSA) is 58.4 Å². The van der Waals surface area contributed by atoms with Crippen molar-refractivity contribution in [2.75, 3.05) is 18.5 Å². The lowest BCUT2D eigenvalue weighted by molar-refractivity contribution is -0.121. The Morgan fingerprint density at radius 3 is 2.89 bits per heavy atom. The first kappa shape index (κ1) is 14.1. The molecule has 1 atom stereocenters. The molecule has 1 unspecified atom stereocenters. The van der Waals surface area contributed by atoms with Crippen molar-refractivity contribution in [3.05, 3.63) is 28.8 Å². The number of carbonyl (C=O) groups is 1. The summed E-state index contributed by atoms with van der Waals surface area (Å²) in [5.74, 6) is 0.0343. The van der Waals surface area contributed by atoms with Gasteiger partial charge in [-0.05, 0) is 31.0 Å². The number of benzene rings is 1. The van der Waals surface area contributed by atoms with Crippen molar-refractivity contribution in [2.24, 2.45) is 5.73 Å². The molecule has 0 radical (unpaired) electrons. The Bertz CT molecular complexity index is 521. The van der Waals surface area contributed by atoms with E-state index in [2.05, 4.69) is 10.2 Å². The van der Waals surface area contributed by atoms with Gasteiger partial charge in [-0.25, -0.2) is 0 Å². The van der Waals surface area contributed by atoms with Crippen LogP contribution in [-0.2, 0) is 4.79 Å². The van der Waals surface area contributed by atoms with Crippen LogP contribution in [0.3, 0.4) is 0 Å². The minimum Gasteiger partial charge on any atom is -0.389 e. The highest BCUT2D eigenvalue weighted by Gasteiger charge is 2.30. The largest absolute Gasteiger partial charge is 0.389 e. The fourth-order valence-corrected chi connectivity index (χ4v) is 2.91. The third-order valence-corrected chi connectivity index (χ3v) is 3.88. The Hall–Kier alpha value is -1.33. The zero-order valence-electron chi connectivity index (χ0n) is 10.6. The molecule has 0 aromatic heterocycles. The lowest BCUT2D eigenvalue weighted by Crippen LogP contribution is -2.42. The van der Waals surface area contributed by atoms with Gasteiger partial charge in [0.15, 0.2) is 0 Å². The van der Waals surface area contributed by atoms with Gasteiger partial charge in [-0.1, -0.05) is 23.8 Å². The number of halogens is 1. The van der Waals surface area contributed by atoms with Crippen molar-refractivity contribution in [2.45, 2.75) is 18.9 Å². The summed E-state index contributed by atoms with van der Waals surface area (Å²) in [4.78, 5) is 14.2. The minimum absolute atomic E-state index is 0.0343. The second-order valence-electron chi connectivity index (χ2n) is 4.49. The van der Waals surface area contributed by atoms with Crippen molar-refractivity contribution < 1.29 is 4.79 Å². The lowest BCUT2D eigenvalue weighted by Gasteiger charge is -2.26. The third-order valence-electron chi connectivity index (χ3n) is 3.35. The van der Waals surface area contributed by atoms with E-state index in [1.54, 1.807) is 13.1 Å². The zero-order valence-corrected chi connectivity index (χ0v) is 12.2. The van der Waals surface area contributed by atoms with Crippen molar-refractivity contribution in [1.29, 1.82) is 0 Å². The van der Waals surface area contributed by atoms with Gasteiger partial charge in [0.2, 0.25) is 5.91 Å². The molecule has 1 saturated heterocycles. The van der Waals surface area contributed by atoms with E-state index in [9.17, 15) is 4.79 Å². The van der Waals surface area contributed by atoms with Crippen LogP contribution in [0, 0.1) is 0 Å². The molecule has 19 heavy (non-hydrogen) atoms. The Balaban J connectivity index is 2.29. The summed E-state index contributed by atoms with van der Waals surface area (Å²) in [5, 5.41) is 3.22. The Kier molecular flexibility index (Phi) is 4.27. The number of hydrogen-bond acceptors (Lipinski definition) is 3. The van der Waals surface area contributed by atoms with Crippen LogP contribution in [0.5, 0.6) is 0 Å². The molecule has 0 saturated carbocycles. The van der Waals surface area contributed by atoms with Crippen LogP contribution >= 0.6 is 23.8 Å². The molecule has 1 aromatic carbocycles. The lowest BCUT2D eigenvalue weighted by atomic mass is 10.1. The number of amides is 1. The second kappa shape index (κ2) is 5.75. The molecule has 1 fully saturated rings. The molecule has 3 N–H and O–H groups in total. The SMILES string of the molecule is CNC(=O)C1CCCN1c1ccc(C(N)=S)c(Cl)c1. The van der Waals surface area contributed by atoms with Crippen LogP contribution in [0.1, 0.15) is 18.4 Å². The summed E-state index contributed by atoms with van der Waals surface area (Å²) >= 11 is 11.1. The molecule has 0 spiro atoms. The number of anilines is 1. The molecule has 0 aliphatic carbocycles. The van der Waals surface area contributed by atoms with Crippen molar-refractivity contribution >= 4 is 40.4 Å². The fraction of sp³-hybridized carbons (Fsp3) is 0.385. The van der Waals surface area contributed by atoms with Crippen molar-refractivity contribution in [3.63, 3.8) is 0 Å². The van der Waals surface area contributed by atoms with E-state index in [1.165, 1.54) is 0 Å². The molecule has 1 aromatic rings. The number of thiocarbonyl (C=S) groups is 1. The highest BCUT2D eigenvalue weighted by atomic mass is 35.5. The monoisotopic (exact) mass is 297 g/mol. The van der Waals surface area contributed by atoms with E-state index in [4.69, 9.17) is 29.6 Å². The molecule has 102 valence electrons. The molecule has 6 heteroatoms. The Labute approximate surface area is 122 Å². The molecule has 1 aliphatic heterocycles. The highest BCUT2D eigenvalue weighted by Crippen LogP contribution is 2.29. The fourth-order valence-electron chi connectivity index (χ4n) is 2.40. The van der Waals surface area contributed by atoms with E-state index in [-0.39, 0.29) is 16.9 Å². The molecule has 1 heterocycles. The maximum Gasteiger partial charge on any atom is 0.242 e. The van der Waals surface area contributed by atoms with E-state index >= 15 is 0 Å².